The van der Waals surface area contributed by atoms with Gasteiger partial charge in [0.2, 0.25) is 0 Å². The van der Waals surface area contributed by atoms with Gasteiger partial charge in [-0.3, -0.25) is 0 Å². The van der Waals surface area contributed by atoms with E-state index >= 15 is 0 Å². The molecule has 16 heavy (non-hydrogen) atoms. The van der Waals surface area contributed by atoms with E-state index in [1.54, 1.807) is 7.11 Å². The molecule has 0 atom stereocenters. The van der Waals surface area contributed by atoms with Crippen molar-refractivity contribution in [1.82, 2.24) is 0 Å². The van der Waals surface area contributed by atoms with Crippen LogP contribution in [0, 0.1) is 0 Å². The average molecular weight is 287 g/mol. The van der Waals surface area contributed by atoms with Gasteiger partial charge in [0.15, 0.2) is 0 Å². The molecular formula is C14H12OZr+2. The molecule has 0 heterocycles. The fourth-order valence-electron chi connectivity index (χ4n) is 1.61. The second-order valence-electron chi connectivity index (χ2n) is 3.44. The first-order valence-electron chi connectivity index (χ1n) is 5.10. The summed E-state index contributed by atoms with van der Waals surface area (Å²) in [6.45, 7) is 0. The molecule has 2 aromatic carbocycles. The van der Waals surface area contributed by atoms with E-state index in [2.05, 4.69) is 30.3 Å². The van der Waals surface area contributed by atoms with Crippen LogP contribution in [-0.4, -0.2) is 10.3 Å². The van der Waals surface area contributed by atoms with Crippen LogP contribution < -0.4 is 4.74 Å². The van der Waals surface area contributed by atoms with Crippen molar-refractivity contribution in [3.05, 3.63) is 65.7 Å². The molecule has 0 saturated heterocycles. The van der Waals surface area contributed by atoms with E-state index in [0.717, 1.165) is 5.75 Å². The van der Waals surface area contributed by atoms with Gasteiger partial charge in [-0.05, 0) is 0 Å². The van der Waals surface area contributed by atoms with Crippen molar-refractivity contribution < 1.29 is 29.0 Å². The van der Waals surface area contributed by atoms with E-state index < -0.39 is 0 Å². The zero-order chi connectivity index (χ0) is 11.4. The Bertz CT molecular complexity index is 491. The van der Waals surface area contributed by atoms with Crippen LogP contribution in [0.1, 0.15) is 11.1 Å². The second kappa shape index (κ2) is 5.36. The molecule has 0 aliphatic heterocycles. The summed E-state index contributed by atoms with van der Waals surface area (Å²) < 4.78 is 6.71. The number of ether oxygens (including phenoxy) is 1. The SMILES string of the molecule is COc1ccccc1[C](=[Zr+2])c1ccccc1. The minimum atomic E-state index is 0.943. The topological polar surface area (TPSA) is 9.23 Å². The number of hydrogen-bond acceptors (Lipinski definition) is 1. The summed E-state index contributed by atoms with van der Waals surface area (Å²) in [6.07, 6.45) is 0. The quantitative estimate of drug-likeness (QED) is 0.843. The van der Waals surface area contributed by atoms with Crippen LogP contribution in [0.4, 0.5) is 0 Å². The molecule has 0 bridgehead atoms. The fourth-order valence-corrected chi connectivity index (χ4v) is 2.53. The van der Waals surface area contributed by atoms with E-state index in [-0.39, 0.29) is 0 Å². The average Bonchev–Trinajstić information content (AvgIpc) is 2.39. The third-order valence-electron chi connectivity index (χ3n) is 2.44. The summed E-state index contributed by atoms with van der Waals surface area (Å²) in [4.78, 5) is 0. The Hall–Kier alpha value is -1.01. The Morgan fingerprint density at radius 1 is 0.938 bits per heavy atom. The monoisotopic (exact) mass is 286 g/mol. The van der Waals surface area contributed by atoms with E-state index in [4.69, 9.17) is 4.74 Å². The van der Waals surface area contributed by atoms with Gasteiger partial charge in [-0.15, -0.1) is 0 Å². The molecule has 0 unspecified atom stereocenters. The molecule has 0 spiro atoms. The maximum atomic E-state index is 5.38. The van der Waals surface area contributed by atoms with E-state index in [9.17, 15) is 0 Å². The van der Waals surface area contributed by atoms with Crippen LogP contribution in [0.5, 0.6) is 5.75 Å². The number of methoxy groups -OCH3 is 1. The van der Waals surface area contributed by atoms with Crippen molar-refractivity contribution in [2.24, 2.45) is 0 Å². The van der Waals surface area contributed by atoms with Crippen LogP contribution in [0.2, 0.25) is 0 Å². The number of rotatable bonds is 3. The molecule has 0 saturated carbocycles. The van der Waals surface area contributed by atoms with Gasteiger partial charge in [-0.2, -0.15) is 0 Å². The standard InChI is InChI=1S/C14H12O.Zr/c1-15-14-10-6-5-9-13(14)11-12-7-3-2-4-8-12;/h2-10H,1H3;/q;+2. The molecule has 0 N–H and O–H groups in total. The molecule has 0 aliphatic rings. The summed E-state index contributed by atoms with van der Waals surface area (Å²) in [5.41, 5.74) is 2.46. The third-order valence-corrected chi connectivity index (χ3v) is 3.81. The number of hydrogen-bond donors (Lipinski definition) is 0. The van der Waals surface area contributed by atoms with Gasteiger partial charge in [0, 0.05) is 0 Å². The summed E-state index contributed by atoms with van der Waals surface area (Å²) in [5, 5.41) is 0. The Morgan fingerprint density at radius 2 is 1.56 bits per heavy atom. The van der Waals surface area contributed by atoms with Crippen LogP contribution in [0.3, 0.4) is 0 Å². The van der Waals surface area contributed by atoms with E-state index in [0.29, 0.717) is 0 Å². The Labute approximate surface area is 110 Å². The van der Waals surface area contributed by atoms with E-state index in [1.165, 1.54) is 38.6 Å². The molecule has 2 aromatic rings. The van der Waals surface area contributed by atoms with Gasteiger partial charge in [-0.25, -0.2) is 0 Å². The van der Waals surface area contributed by atoms with Crippen LogP contribution in [0.25, 0.3) is 0 Å². The zero-order valence-corrected chi connectivity index (χ0v) is 11.6. The predicted octanol–water partition coefficient (Wildman–Crippen LogP) is 2.81. The Kier molecular flexibility index (Phi) is 3.85. The summed E-state index contributed by atoms with van der Waals surface area (Å²) in [6, 6.07) is 18.6. The molecule has 76 valence electrons. The van der Waals surface area contributed by atoms with Crippen LogP contribution in [-0.2, 0) is 24.2 Å². The van der Waals surface area contributed by atoms with Gasteiger partial charge in [0.05, 0.1) is 0 Å². The van der Waals surface area contributed by atoms with Crippen molar-refractivity contribution >= 4 is 3.21 Å². The maximum absolute atomic E-state index is 5.38. The van der Waals surface area contributed by atoms with Gasteiger partial charge in [0.1, 0.15) is 0 Å². The molecule has 1 nitrogen and oxygen atoms in total. The molecule has 0 amide bonds. The molecule has 0 fully saturated rings. The summed E-state index contributed by atoms with van der Waals surface area (Å²) in [5.74, 6) is 0.943. The van der Waals surface area contributed by atoms with Crippen molar-refractivity contribution in [2.75, 3.05) is 7.11 Å². The number of benzene rings is 2. The predicted molar refractivity (Wildman–Crippen MR) is 62.6 cm³/mol. The van der Waals surface area contributed by atoms with Gasteiger partial charge in [-0.1, -0.05) is 0 Å². The molecule has 2 heteroatoms. The van der Waals surface area contributed by atoms with Gasteiger partial charge >= 0.3 is 111 Å². The normalized spacial score (nSPS) is 9.94. The van der Waals surface area contributed by atoms with Crippen LogP contribution in [0.15, 0.2) is 54.6 Å². The van der Waals surface area contributed by atoms with Gasteiger partial charge < -0.3 is 0 Å². The fraction of sp³-hybridized carbons (Fsp3) is 0.0714. The molecular weight excluding hydrogens is 275 g/mol. The second-order valence-corrected chi connectivity index (χ2v) is 4.67. The van der Waals surface area contributed by atoms with Crippen molar-refractivity contribution in [3.63, 3.8) is 0 Å². The molecule has 0 aliphatic carbocycles. The zero-order valence-electron chi connectivity index (χ0n) is 9.10. The molecule has 2 rings (SSSR count). The van der Waals surface area contributed by atoms with Crippen molar-refractivity contribution in [1.29, 1.82) is 0 Å². The summed E-state index contributed by atoms with van der Waals surface area (Å²) >= 11 is 1.40. The molecule has 0 aromatic heterocycles. The first kappa shape index (κ1) is 11.5. The first-order valence-corrected chi connectivity index (χ1v) is 6.33. The Morgan fingerprint density at radius 3 is 2.25 bits per heavy atom. The first-order chi connectivity index (χ1) is 7.83. The van der Waals surface area contributed by atoms with E-state index in [1.807, 2.05) is 24.3 Å². The van der Waals surface area contributed by atoms with Crippen molar-refractivity contribution in [3.8, 4) is 5.75 Å². The minimum absolute atomic E-state index is 0.943. The van der Waals surface area contributed by atoms with Gasteiger partial charge in [0.25, 0.3) is 0 Å². The number of para-hydroxylation sites is 1. The van der Waals surface area contributed by atoms with Crippen LogP contribution >= 0.6 is 0 Å². The summed E-state index contributed by atoms with van der Waals surface area (Å²) in [7, 11) is 1.72. The van der Waals surface area contributed by atoms with Crippen molar-refractivity contribution in [2.45, 2.75) is 0 Å². The molecule has 0 radical (unpaired) electrons. The Balaban J connectivity index is 2.42. The third kappa shape index (κ3) is 2.38.